The summed E-state index contributed by atoms with van der Waals surface area (Å²) >= 11 is 1.93. The fraction of sp³-hybridized carbons (Fsp3) is 0.625. The van der Waals surface area contributed by atoms with E-state index in [2.05, 4.69) is 31.1 Å². The number of anilines is 1. The highest BCUT2D eigenvalue weighted by Crippen LogP contribution is 2.31. The molecule has 0 saturated carbocycles. The zero-order valence-electron chi connectivity index (χ0n) is 13.4. The summed E-state index contributed by atoms with van der Waals surface area (Å²) in [4.78, 5) is 19.1. The number of pyridine rings is 1. The number of carbonyl (C=O) groups is 1. The molecule has 0 unspecified atom stereocenters. The van der Waals surface area contributed by atoms with Crippen LogP contribution in [-0.4, -0.2) is 45.9 Å². The number of amides is 1. The van der Waals surface area contributed by atoms with Gasteiger partial charge in [0.1, 0.15) is 0 Å². The smallest absolute Gasteiger partial charge is 0.257 e. The SMILES string of the molecule is CCCNc1cc(C)ncc1C(=O)N1CCSC(C)(C)C1. The number of nitrogens with one attached hydrogen (secondary N) is 1. The van der Waals surface area contributed by atoms with Crippen molar-refractivity contribution in [1.29, 1.82) is 0 Å². The van der Waals surface area contributed by atoms with Crippen LogP contribution in [0.3, 0.4) is 0 Å². The van der Waals surface area contributed by atoms with Crippen molar-refractivity contribution in [3.8, 4) is 0 Å². The van der Waals surface area contributed by atoms with E-state index >= 15 is 0 Å². The van der Waals surface area contributed by atoms with E-state index in [1.165, 1.54) is 0 Å². The molecule has 1 aromatic heterocycles. The quantitative estimate of drug-likeness (QED) is 0.928. The second-order valence-electron chi connectivity index (χ2n) is 6.13. The van der Waals surface area contributed by atoms with Crippen LogP contribution in [0, 0.1) is 6.92 Å². The molecule has 0 bridgehead atoms. The van der Waals surface area contributed by atoms with Crippen molar-refractivity contribution in [3.05, 3.63) is 23.5 Å². The maximum absolute atomic E-state index is 12.8. The molecule has 1 N–H and O–H groups in total. The van der Waals surface area contributed by atoms with E-state index in [1.54, 1.807) is 6.20 Å². The topological polar surface area (TPSA) is 45.2 Å². The number of nitrogens with zero attached hydrogens (tertiary/aromatic N) is 2. The normalized spacial score (nSPS) is 17.6. The molecule has 0 aromatic carbocycles. The maximum Gasteiger partial charge on any atom is 0.257 e. The van der Waals surface area contributed by atoms with Crippen LogP contribution in [0.4, 0.5) is 5.69 Å². The zero-order valence-corrected chi connectivity index (χ0v) is 14.2. The van der Waals surface area contributed by atoms with Crippen LogP contribution < -0.4 is 5.32 Å². The lowest BCUT2D eigenvalue weighted by Crippen LogP contribution is -2.46. The molecule has 1 aromatic rings. The number of hydrogen-bond acceptors (Lipinski definition) is 4. The van der Waals surface area contributed by atoms with E-state index in [0.29, 0.717) is 5.56 Å². The molecule has 1 fully saturated rings. The van der Waals surface area contributed by atoms with Crippen molar-refractivity contribution < 1.29 is 4.79 Å². The number of thioether (sulfide) groups is 1. The minimum atomic E-state index is 0.0921. The molecule has 1 aliphatic rings. The van der Waals surface area contributed by atoms with Gasteiger partial charge in [0.05, 0.1) is 11.3 Å². The average molecular weight is 307 g/mol. The van der Waals surface area contributed by atoms with Crippen LogP contribution in [0.5, 0.6) is 0 Å². The molecule has 21 heavy (non-hydrogen) atoms. The molecule has 2 rings (SSSR count). The van der Waals surface area contributed by atoms with Gasteiger partial charge in [-0.25, -0.2) is 0 Å². The number of carbonyl (C=O) groups excluding carboxylic acids is 1. The Bertz CT molecular complexity index is 516. The van der Waals surface area contributed by atoms with E-state index in [9.17, 15) is 4.79 Å². The number of hydrogen-bond donors (Lipinski definition) is 1. The van der Waals surface area contributed by atoms with Crippen LogP contribution in [0.2, 0.25) is 0 Å². The van der Waals surface area contributed by atoms with Crippen LogP contribution in [0.25, 0.3) is 0 Å². The summed E-state index contributed by atoms with van der Waals surface area (Å²) in [5.41, 5.74) is 2.53. The second-order valence-corrected chi connectivity index (χ2v) is 7.94. The first kappa shape index (κ1) is 16.1. The lowest BCUT2D eigenvalue weighted by Gasteiger charge is -2.37. The molecule has 1 saturated heterocycles. The van der Waals surface area contributed by atoms with Gasteiger partial charge in [-0.15, -0.1) is 0 Å². The molecule has 0 aliphatic carbocycles. The first-order chi connectivity index (χ1) is 9.93. The predicted octanol–water partition coefficient (Wildman–Crippen LogP) is 3.18. The van der Waals surface area contributed by atoms with E-state index in [0.717, 1.165) is 43.2 Å². The summed E-state index contributed by atoms with van der Waals surface area (Å²) in [5.74, 6) is 1.09. The van der Waals surface area contributed by atoms with Crippen molar-refractivity contribution in [2.45, 2.75) is 38.9 Å². The molecular formula is C16H25N3OS. The molecule has 2 heterocycles. The third-order valence-corrected chi connectivity index (χ3v) is 4.85. The summed E-state index contributed by atoms with van der Waals surface area (Å²) in [6.07, 6.45) is 2.74. The van der Waals surface area contributed by atoms with Gasteiger partial charge in [-0.05, 0) is 33.3 Å². The molecule has 0 radical (unpaired) electrons. The summed E-state index contributed by atoms with van der Waals surface area (Å²) in [6, 6.07) is 1.97. The van der Waals surface area contributed by atoms with Gasteiger partial charge in [-0.2, -0.15) is 11.8 Å². The Kier molecular flexibility index (Phi) is 5.14. The van der Waals surface area contributed by atoms with Gasteiger partial charge in [0.25, 0.3) is 5.91 Å². The summed E-state index contributed by atoms with van der Waals surface area (Å²) in [7, 11) is 0. The highest BCUT2D eigenvalue weighted by molar-refractivity contribution is 8.00. The summed E-state index contributed by atoms with van der Waals surface area (Å²) in [5, 5.41) is 3.35. The van der Waals surface area contributed by atoms with Gasteiger partial charge in [0, 0.05) is 42.0 Å². The van der Waals surface area contributed by atoms with Crippen molar-refractivity contribution in [2.75, 3.05) is 30.7 Å². The van der Waals surface area contributed by atoms with Crippen molar-refractivity contribution in [3.63, 3.8) is 0 Å². The number of aryl methyl sites for hydroxylation is 1. The van der Waals surface area contributed by atoms with Gasteiger partial charge in [-0.1, -0.05) is 6.92 Å². The third kappa shape index (κ3) is 4.13. The largest absolute Gasteiger partial charge is 0.384 e. The third-order valence-electron chi connectivity index (χ3n) is 3.55. The fourth-order valence-electron chi connectivity index (χ4n) is 2.50. The van der Waals surface area contributed by atoms with Gasteiger partial charge in [-0.3, -0.25) is 9.78 Å². The average Bonchev–Trinajstić information content (AvgIpc) is 2.43. The lowest BCUT2D eigenvalue weighted by molar-refractivity contribution is 0.0748. The molecular weight excluding hydrogens is 282 g/mol. The van der Waals surface area contributed by atoms with Gasteiger partial charge in [0.2, 0.25) is 0 Å². The van der Waals surface area contributed by atoms with Crippen molar-refractivity contribution in [1.82, 2.24) is 9.88 Å². The van der Waals surface area contributed by atoms with E-state index in [1.807, 2.05) is 29.7 Å². The molecule has 0 atom stereocenters. The van der Waals surface area contributed by atoms with Crippen molar-refractivity contribution >= 4 is 23.4 Å². The number of rotatable bonds is 4. The zero-order chi connectivity index (χ0) is 15.5. The Balaban J connectivity index is 2.21. The summed E-state index contributed by atoms with van der Waals surface area (Å²) < 4.78 is 0.128. The Morgan fingerprint density at radius 1 is 1.52 bits per heavy atom. The minimum absolute atomic E-state index is 0.0921. The minimum Gasteiger partial charge on any atom is -0.384 e. The van der Waals surface area contributed by atoms with E-state index in [4.69, 9.17) is 0 Å². The molecule has 0 spiro atoms. The first-order valence-corrected chi connectivity index (χ1v) is 8.55. The molecule has 116 valence electrons. The molecule has 4 nitrogen and oxygen atoms in total. The first-order valence-electron chi connectivity index (χ1n) is 7.57. The summed E-state index contributed by atoms with van der Waals surface area (Å²) in [6.45, 7) is 10.9. The monoisotopic (exact) mass is 307 g/mol. The highest BCUT2D eigenvalue weighted by Gasteiger charge is 2.31. The highest BCUT2D eigenvalue weighted by atomic mass is 32.2. The van der Waals surface area contributed by atoms with Crippen LogP contribution in [0.1, 0.15) is 43.2 Å². The standard InChI is InChI=1S/C16H25N3OS/c1-5-6-17-14-9-12(2)18-10-13(14)15(20)19-7-8-21-16(3,4)11-19/h9-10H,5-8,11H2,1-4H3,(H,17,18). The molecule has 1 aliphatic heterocycles. The lowest BCUT2D eigenvalue weighted by atomic mass is 10.1. The fourth-order valence-corrected chi connectivity index (χ4v) is 3.61. The maximum atomic E-state index is 12.8. The van der Waals surface area contributed by atoms with E-state index < -0.39 is 0 Å². The second kappa shape index (κ2) is 6.69. The van der Waals surface area contributed by atoms with Gasteiger partial charge in [0.15, 0.2) is 0 Å². The molecule has 5 heteroatoms. The van der Waals surface area contributed by atoms with Crippen LogP contribution >= 0.6 is 11.8 Å². The Morgan fingerprint density at radius 3 is 2.95 bits per heavy atom. The van der Waals surface area contributed by atoms with Gasteiger partial charge < -0.3 is 10.2 Å². The Morgan fingerprint density at radius 2 is 2.29 bits per heavy atom. The van der Waals surface area contributed by atoms with Crippen molar-refractivity contribution in [2.24, 2.45) is 0 Å². The van der Waals surface area contributed by atoms with Crippen LogP contribution in [-0.2, 0) is 0 Å². The van der Waals surface area contributed by atoms with E-state index in [-0.39, 0.29) is 10.7 Å². The molecule has 1 amide bonds. The number of aromatic nitrogens is 1. The predicted molar refractivity (Wildman–Crippen MR) is 90.2 cm³/mol. The Hall–Kier alpha value is -1.23. The Labute approximate surface area is 131 Å². The van der Waals surface area contributed by atoms with Crippen LogP contribution in [0.15, 0.2) is 12.3 Å². The van der Waals surface area contributed by atoms with Gasteiger partial charge >= 0.3 is 0 Å².